The van der Waals surface area contributed by atoms with Gasteiger partial charge in [0.2, 0.25) is 5.95 Å². The van der Waals surface area contributed by atoms with Crippen LogP contribution in [-0.4, -0.2) is 59.5 Å². The second-order valence-corrected chi connectivity index (χ2v) is 7.76. The minimum absolute atomic E-state index is 0.00333. The molecule has 0 N–H and O–H groups in total. The van der Waals surface area contributed by atoms with Crippen LogP contribution in [0.5, 0.6) is 5.75 Å². The summed E-state index contributed by atoms with van der Waals surface area (Å²) in [7, 11) is 0. The molecule has 0 bridgehead atoms. The number of anilines is 2. The zero-order valence-electron chi connectivity index (χ0n) is 17.6. The van der Waals surface area contributed by atoms with Crippen LogP contribution in [0.15, 0.2) is 67.0 Å². The molecular weight excluding hydrogens is 406 g/mol. The number of hydrogen-bond donors (Lipinski definition) is 0. The molecule has 3 aromatic rings. The van der Waals surface area contributed by atoms with Crippen LogP contribution in [0.3, 0.4) is 0 Å². The SMILES string of the molecule is O=C(c1ccc2c(c1)N(Cc1ccccc1)C(=O)CO2)N1CCN(c2ncccn2)CC1. The van der Waals surface area contributed by atoms with E-state index in [2.05, 4.69) is 14.9 Å². The van der Waals surface area contributed by atoms with Gasteiger partial charge in [0, 0.05) is 44.1 Å². The molecule has 1 saturated heterocycles. The van der Waals surface area contributed by atoms with E-state index in [9.17, 15) is 9.59 Å². The first kappa shape index (κ1) is 20.0. The number of ether oxygens (including phenoxy) is 1. The molecule has 2 aliphatic rings. The third-order valence-corrected chi connectivity index (χ3v) is 5.73. The van der Waals surface area contributed by atoms with Gasteiger partial charge in [-0.25, -0.2) is 9.97 Å². The third-order valence-electron chi connectivity index (χ3n) is 5.73. The Balaban J connectivity index is 1.33. The van der Waals surface area contributed by atoms with E-state index in [4.69, 9.17) is 4.74 Å². The van der Waals surface area contributed by atoms with Crippen molar-refractivity contribution in [2.45, 2.75) is 6.54 Å². The van der Waals surface area contributed by atoms with Crippen molar-refractivity contribution >= 4 is 23.5 Å². The fourth-order valence-electron chi connectivity index (χ4n) is 4.02. The van der Waals surface area contributed by atoms with Crippen molar-refractivity contribution < 1.29 is 14.3 Å². The maximum absolute atomic E-state index is 13.2. The van der Waals surface area contributed by atoms with Crippen LogP contribution in [0.4, 0.5) is 11.6 Å². The summed E-state index contributed by atoms with van der Waals surface area (Å²) in [6, 6.07) is 16.9. The third kappa shape index (κ3) is 3.99. The molecule has 1 fully saturated rings. The van der Waals surface area contributed by atoms with Crippen LogP contribution in [0, 0.1) is 0 Å². The minimum Gasteiger partial charge on any atom is -0.482 e. The van der Waals surface area contributed by atoms with Crippen LogP contribution >= 0.6 is 0 Å². The fourth-order valence-corrected chi connectivity index (χ4v) is 4.02. The Hall–Kier alpha value is -3.94. The predicted molar refractivity (Wildman–Crippen MR) is 120 cm³/mol. The smallest absolute Gasteiger partial charge is 0.265 e. The van der Waals surface area contributed by atoms with E-state index in [1.807, 2.05) is 35.2 Å². The normalized spacial score (nSPS) is 15.9. The summed E-state index contributed by atoms with van der Waals surface area (Å²) >= 11 is 0. The Morgan fingerprint density at radius 3 is 2.44 bits per heavy atom. The van der Waals surface area contributed by atoms with Gasteiger partial charge in [-0.3, -0.25) is 9.59 Å². The topological polar surface area (TPSA) is 78.9 Å². The van der Waals surface area contributed by atoms with Crippen LogP contribution in [-0.2, 0) is 11.3 Å². The average Bonchev–Trinajstić information content (AvgIpc) is 2.86. The van der Waals surface area contributed by atoms with E-state index < -0.39 is 0 Å². The molecular formula is C24H23N5O3. The Morgan fingerprint density at radius 2 is 1.69 bits per heavy atom. The van der Waals surface area contributed by atoms with E-state index in [0.29, 0.717) is 55.7 Å². The highest BCUT2D eigenvalue weighted by Crippen LogP contribution is 2.34. The lowest BCUT2D eigenvalue weighted by Gasteiger charge is -2.35. The molecule has 5 rings (SSSR count). The van der Waals surface area contributed by atoms with Crippen molar-refractivity contribution in [2.24, 2.45) is 0 Å². The molecule has 3 heterocycles. The number of amides is 2. The molecule has 2 aromatic carbocycles. The minimum atomic E-state index is -0.123. The zero-order valence-corrected chi connectivity index (χ0v) is 17.6. The summed E-state index contributed by atoms with van der Waals surface area (Å²) < 4.78 is 5.61. The Morgan fingerprint density at radius 1 is 0.938 bits per heavy atom. The van der Waals surface area contributed by atoms with Crippen molar-refractivity contribution in [1.82, 2.24) is 14.9 Å². The van der Waals surface area contributed by atoms with E-state index in [0.717, 1.165) is 5.56 Å². The number of piperazine rings is 1. The molecule has 162 valence electrons. The van der Waals surface area contributed by atoms with Gasteiger partial charge in [0.25, 0.3) is 11.8 Å². The lowest BCUT2D eigenvalue weighted by molar-refractivity contribution is -0.121. The van der Waals surface area contributed by atoms with E-state index in [1.54, 1.807) is 41.6 Å². The molecule has 0 atom stereocenters. The summed E-state index contributed by atoms with van der Waals surface area (Å²) in [4.78, 5) is 40.0. The molecule has 2 aliphatic heterocycles. The number of fused-ring (bicyclic) bond motifs is 1. The fraction of sp³-hybridized carbons (Fsp3) is 0.250. The maximum Gasteiger partial charge on any atom is 0.265 e. The predicted octanol–water partition coefficient (Wildman–Crippen LogP) is 2.36. The van der Waals surface area contributed by atoms with Crippen molar-refractivity contribution in [1.29, 1.82) is 0 Å². The summed E-state index contributed by atoms with van der Waals surface area (Å²) in [5.41, 5.74) is 2.20. The van der Waals surface area contributed by atoms with Gasteiger partial charge in [-0.2, -0.15) is 0 Å². The first-order valence-corrected chi connectivity index (χ1v) is 10.6. The van der Waals surface area contributed by atoms with Gasteiger partial charge >= 0.3 is 0 Å². The number of carbonyl (C=O) groups is 2. The summed E-state index contributed by atoms with van der Waals surface area (Å²) in [6.45, 7) is 2.93. The number of hydrogen-bond acceptors (Lipinski definition) is 6. The Kier molecular flexibility index (Phi) is 5.41. The highest BCUT2D eigenvalue weighted by molar-refractivity contribution is 6.01. The van der Waals surface area contributed by atoms with Crippen LogP contribution < -0.4 is 14.5 Å². The Bertz CT molecular complexity index is 1110. The average molecular weight is 429 g/mol. The molecule has 0 unspecified atom stereocenters. The standard InChI is InChI=1S/C24H23N5O3/c30-22-17-32-21-8-7-19(15-20(21)29(22)16-18-5-2-1-3-6-18)23(31)27-11-13-28(14-12-27)24-25-9-4-10-26-24/h1-10,15H,11-14,16-17H2. The van der Waals surface area contributed by atoms with Gasteiger partial charge in [-0.05, 0) is 29.8 Å². The maximum atomic E-state index is 13.2. The van der Waals surface area contributed by atoms with Crippen LogP contribution in [0.1, 0.15) is 15.9 Å². The highest BCUT2D eigenvalue weighted by atomic mass is 16.5. The van der Waals surface area contributed by atoms with Crippen molar-refractivity contribution in [3.05, 3.63) is 78.1 Å². The molecule has 0 spiro atoms. The highest BCUT2D eigenvalue weighted by Gasteiger charge is 2.29. The second-order valence-electron chi connectivity index (χ2n) is 7.76. The summed E-state index contributed by atoms with van der Waals surface area (Å²) in [6.07, 6.45) is 3.44. The lowest BCUT2D eigenvalue weighted by Crippen LogP contribution is -2.49. The molecule has 2 amide bonds. The molecule has 0 aliphatic carbocycles. The molecule has 0 radical (unpaired) electrons. The van der Waals surface area contributed by atoms with Gasteiger partial charge in [0.1, 0.15) is 5.75 Å². The first-order valence-electron chi connectivity index (χ1n) is 10.6. The molecule has 32 heavy (non-hydrogen) atoms. The zero-order chi connectivity index (χ0) is 21.9. The quantitative estimate of drug-likeness (QED) is 0.634. The number of aromatic nitrogens is 2. The monoisotopic (exact) mass is 429 g/mol. The summed E-state index contributed by atoms with van der Waals surface area (Å²) in [5, 5.41) is 0. The largest absolute Gasteiger partial charge is 0.482 e. The van der Waals surface area contributed by atoms with Gasteiger partial charge in [0.05, 0.1) is 12.2 Å². The van der Waals surface area contributed by atoms with E-state index in [1.165, 1.54) is 0 Å². The number of nitrogens with zero attached hydrogens (tertiary/aromatic N) is 5. The number of benzene rings is 2. The van der Waals surface area contributed by atoms with Crippen LogP contribution in [0.25, 0.3) is 0 Å². The van der Waals surface area contributed by atoms with Gasteiger partial charge in [-0.15, -0.1) is 0 Å². The number of carbonyl (C=O) groups excluding carboxylic acids is 2. The first-order chi connectivity index (χ1) is 15.7. The molecule has 8 heteroatoms. The molecule has 0 saturated carbocycles. The Labute approximate surface area is 186 Å². The van der Waals surface area contributed by atoms with Crippen molar-refractivity contribution in [2.75, 3.05) is 42.6 Å². The van der Waals surface area contributed by atoms with Gasteiger partial charge in [-0.1, -0.05) is 30.3 Å². The summed E-state index contributed by atoms with van der Waals surface area (Å²) in [5.74, 6) is 1.12. The molecule has 8 nitrogen and oxygen atoms in total. The number of rotatable bonds is 4. The van der Waals surface area contributed by atoms with Crippen LogP contribution in [0.2, 0.25) is 0 Å². The van der Waals surface area contributed by atoms with Crippen molar-refractivity contribution in [3.8, 4) is 5.75 Å². The van der Waals surface area contributed by atoms with Gasteiger partial charge < -0.3 is 19.4 Å². The van der Waals surface area contributed by atoms with Crippen molar-refractivity contribution in [3.63, 3.8) is 0 Å². The lowest BCUT2D eigenvalue weighted by atomic mass is 10.1. The molecule has 1 aromatic heterocycles. The van der Waals surface area contributed by atoms with E-state index in [-0.39, 0.29) is 18.4 Å². The second kappa shape index (κ2) is 8.66. The van der Waals surface area contributed by atoms with E-state index >= 15 is 0 Å². The van der Waals surface area contributed by atoms with Gasteiger partial charge in [0.15, 0.2) is 6.61 Å².